The van der Waals surface area contributed by atoms with Crippen LogP contribution in [0.1, 0.15) is 12.5 Å². The van der Waals surface area contributed by atoms with E-state index < -0.39 is 6.10 Å². The Morgan fingerprint density at radius 3 is 2.27 bits per heavy atom. The minimum absolute atomic E-state index is 0.0318. The first-order chi connectivity index (χ1) is 12.7. The van der Waals surface area contributed by atoms with Crippen molar-refractivity contribution in [2.45, 2.75) is 19.6 Å². The number of hydrogen-bond acceptors (Lipinski definition) is 5. The van der Waals surface area contributed by atoms with Crippen LogP contribution in [0.4, 0.5) is 0 Å². The summed E-state index contributed by atoms with van der Waals surface area (Å²) in [6.07, 6.45) is 3.12. The van der Waals surface area contributed by atoms with Crippen molar-refractivity contribution in [3.63, 3.8) is 0 Å². The van der Waals surface area contributed by atoms with Crippen LogP contribution in [0.15, 0.2) is 48.8 Å². The van der Waals surface area contributed by atoms with Gasteiger partial charge in [0.15, 0.2) is 6.10 Å². The number of aromatic nitrogens is 1. The Balaban J connectivity index is 1.47. The van der Waals surface area contributed by atoms with Crippen molar-refractivity contribution in [1.29, 1.82) is 0 Å². The summed E-state index contributed by atoms with van der Waals surface area (Å²) in [6.45, 7) is 5.87. The Morgan fingerprint density at radius 2 is 1.65 bits per heavy atom. The molecule has 0 saturated carbocycles. The highest BCUT2D eigenvalue weighted by molar-refractivity contribution is 5.81. The Kier molecular flexibility index (Phi) is 6.07. The van der Waals surface area contributed by atoms with E-state index in [2.05, 4.69) is 9.88 Å². The first-order valence-electron chi connectivity index (χ1n) is 8.86. The largest absolute Gasteiger partial charge is 0.497 e. The molecular formula is C20H25N3O3. The number of piperazine rings is 1. The lowest BCUT2D eigenvalue weighted by molar-refractivity contribution is -0.139. The Morgan fingerprint density at radius 1 is 1.04 bits per heavy atom. The molecule has 1 unspecified atom stereocenters. The van der Waals surface area contributed by atoms with E-state index in [1.54, 1.807) is 14.0 Å². The van der Waals surface area contributed by atoms with Crippen LogP contribution in [0.5, 0.6) is 11.5 Å². The lowest BCUT2D eigenvalue weighted by atomic mass is 10.2. The Bertz CT molecular complexity index is 698. The number of amides is 1. The van der Waals surface area contributed by atoms with Gasteiger partial charge in [-0.1, -0.05) is 0 Å². The summed E-state index contributed by atoms with van der Waals surface area (Å²) in [6, 6.07) is 11.3. The Labute approximate surface area is 154 Å². The lowest BCUT2D eigenvalue weighted by Crippen LogP contribution is -2.51. The van der Waals surface area contributed by atoms with Gasteiger partial charge in [-0.3, -0.25) is 14.7 Å². The van der Waals surface area contributed by atoms with Crippen LogP contribution in [0.2, 0.25) is 0 Å². The van der Waals surface area contributed by atoms with Gasteiger partial charge in [0.05, 0.1) is 7.11 Å². The molecule has 0 spiro atoms. The molecule has 1 aromatic carbocycles. The van der Waals surface area contributed by atoms with Crippen LogP contribution in [0.3, 0.4) is 0 Å². The molecule has 1 atom stereocenters. The molecule has 2 aromatic rings. The average Bonchev–Trinajstić information content (AvgIpc) is 2.69. The van der Waals surface area contributed by atoms with Gasteiger partial charge in [0.1, 0.15) is 11.5 Å². The molecule has 0 radical (unpaired) electrons. The van der Waals surface area contributed by atoms with E-state index in [4.69, 9.17) is 9.47 Å². The summed E-state index contributed by atoms with van der Waals surface area (Å²) in [7, 11) is 1.62. The van der Waals surface area contributed by atoms with Gasteiger partial charge in [-0.2, -0.15) is 0 Å². The minimum atomic E-state index is -0.504. The molecule has 0 bridgehead atoms. The second-order valence-electron chi connectivity index (χ2n) is 6.39. The van der Waals surface area contributed by atoms with Crippen molar-refractivity contribution in [3.8, 4) is 11.5 Å². The number of nitrogens with zero attached hydrogens (tertiary/aromatic N) is 3. The molecule has 26 heavy (non-hydrogen) atoms. The molecule has 0 N–H and O–H groups in total. The summed E-state index contributed by atoms with van der Waals surface area (Å²) in [5, 5.41) is 0. The van der Waals surface area contributed by atoms with Crippen LogP contribution >= 0.6 is 0 Å². The van der Waals surface area contributed by atoms with Crippen molar-refractivity contribution in [2.75, 3.05) is 33.3 Å². The van der Waals surface area contributed by atoms with Crippen LogP contribution < -0.4 is 9.47 Å². The van der Waals surface area contributed by atoms with Crippen LogP contribution in [-0.4, -0.2) is 60.1 Å². The summed E-state index contributed by atoms with van der Waals surface area (Å²) in [4.78, 5) is 20.9. The molecule has 0 aliphatic carbocycles. The quantitative estimate of drug-likeness (QED) is 0.795. The second kappa shape index (κ2) is 8.67. The normalized spacial score (nSPS) is 16.2. The third-order valence-corrected chi connectivity index (χ3v) is 4.56. The number of rotatable bonds is 6. The predicted molar refractivity (Wildman–Crippen MR) is 99.2 cm³/mol. The maximum absolute atomic E-state index is 12.6. The van der Waals surface area contributed by atoms with Crippen LogP contribution in [0.25, 0.3) is 0 Å². The third kappa shape index (κ3) is 4.73. The minimum Gasteiger partial charge on any atom is -0.497 e. The Hall–Kier alpha value is -2.60. The van der Waals surface area contributed by atoms with Crippen molar-refractivity contribution in [2.24, 2.45) is 0 Å². The summed E-state index contributed by atoms with van der Waals surface area (Å²) in [5.41, 5.74) is 1.25. The topological polar surface area (TPSA) is 54.9 Å². The lowest BCUT2D eigenvalue weighted by Gasteiger charge is -2.35. The zero-order valence-corrected chi connectivity index (χ0v) is 15.3. The van der Waals surface area contributed by atoms with Gasteiger partial charge in [-0.25, -0.2) is 0 Å². The smallest absolute Gasteiger partial charge is 0.263 e. The summed E-state index contributed by atoms with van der Waals surface area (Å²) >= 11 is 0. The van der Waals surface area contributed by atoms with Gasteiger partial charge in [0.25, 0.3) is 5.91 Å². The summed E-state index contributed by atoms with van der Waals surface area (Å²) < 4.78 is 10.9. The monoisotopic (exact) mass is 355 g/mol. The predicted octanol–water partition coefficient (Wildman–Crippen LogP) is 2.20. The molecular weight excluding hydrogens is 330 g/mol. The van der Waals surface area contributed by atoms with Crippen LogP contribution in [0, 0.1) is 0 Å². The zero-order chi connectivity index (χ0) is 18.4. The molecule has 2 heterocycles. The maximum atomic E-state index is 12.6. The SMILES string of the molecule is COc1ccc(OC(C)C(=O)N2CCN(Cc3ccncc3)CC2)cc1. The molecule has 1 aromatic heterocycles. The molecule has 138 valence electrons. The third-order valence-electron chi connectivity index (χ3n) is 4.56. The first kappa shape index (κ1) is 18.2. The van der Waals surface area contributed by atoms with E-state index in [9.17, 15) is 4.79 Å². The zero-order valence-electron chi connectivity index (χ0n) is 15.3. The highest BCUT2D eigenvalue weighted by Gasteiger charge is 2.26. The van der Waals surface area contributed by atoms with Gasteiger partial charge in [0.2, 0.25) is 0 Å². The second-order valence-corrected chi connectivity index (χ2v) is 6.39. The number of pyridine rings is 1. The molecule has 1 aliphatic heterocycles. The number of ether oxygens (including phenoxy) is 2. The summed E-state index contributed by atoms with van der Waals surface area (Å²) in [5.74, 6) is 1.47. The highest BCUT2D eigenvalue weighted by atomic mass is 16.5. The van der Waals surface area contributed by atoms with E-state index in [-0.39, 0.29) is 5.91 Å². The van der Waals surface area contributed by atoms with E-state index in [0.717, 1.165) is 38.5 Å². The molecule has 6 heteroatoms. The van der Waals surface area contributed by atoms with Gasteiger partial charge < -0.3 is 14.4 Å². The van der Waals surface area contributed by atoms with Crippen LogP contribution in [-0.2, 0) is 11.3 Å². The van der Waals surface area contributed by atoms with Crippen molar-refractivity contribution < 1.29 is 14.3 Å². The van der Waals surface area contributed by atoms with Crippen molar-refractivity contribution in [3.05, 3.63) is 54.4 Å². The molecule has 1 aliphatic rings. The number of methoxy groups -OCH3 is 1. The van der Waals surface area contributed by atoms with E-state index in [1.165, 1.54) is 5.56 Å². The van der Waals surface area contributed by atoms with E-state index in [1.807, 2.05) is 53.7 Å². The fraction of sp³-hybridized carbons (Fsp3) is 0.400. The van der Waals surface area contributed by atoms with Gasteiger partial charge >= 0.3 is 0 Å². The van der Waals surface area contributed by atoms with Gasteiger partial charge in [-0.05, 0) is 48.9 Å². The van der Waals surface area contributed by atoms with Gasteiger partial charge in [0, 0.05) is 45.1 Å². The van der Waals surface area contributed by atoms with Crippen molar-refractivity contribution >= 4 is 5.91 Å². The highest BCUT2D eigenvalue weighted by Crippen LogP contribution is 2.19. The molecule has 1 amide bonds. The average molecular weight is 355 g/mol. The molecule has 1 saturated heterocycles. The van der Waals surface area contributed by atoms with Gasteiger partial charge in [-0.15, -0.1) is 0 Å². The van der Waals surface area contributed by atoms with E-state index >= 15 is 0 Å². The number of carbonyl (C=O) groups is 1. The standard InChI is InChI=1S/C20H25N3O3/c1-16(26-19-5-3-18(25-2)4-6-19)20(24)23-13-11-22(12-14-23)15-17-7-9-21-10-8-17/h3-10,16H,11-15H2,1-2H3. The fourth-order valence-electron chi connectivity index (χ4n) is 3.04. The number of carbonyl (C=O) groups excluding carboxylic acids is 1. The molecule has 1 fully saturated rings. The molecule has 3 rings (SSSR count). The first-order valence-corrected chi connectivity index (χ1v) is 8.86. The number of benzene rings is 1. The number of hydrogen-bond donors (Lipinski definition) is 0. The maximum Gasteiger partial charge on any atom is 0.263 e. The van der Waals surface area contributed by atoms with E-state index in [0.29, 0.717) is 5.75 Å². The fourth-order valence-corrected chi connectivity index (χ4v) is 3.04. The molecule has 6 nitrogen and oxygen atoms in total. The van der Waals surface area contributed by atoms with Crippen molar-refractivity contribution in [1.82, 2.24) is 14.8 Å².